The van der Waals surface area contributed by atoms with Gasteiger partial charge in [0, 0.05) is 44.5 Å². The number of unbranched alkanes of at least 4 members (excludes halogenated alkanes) is 3. The van der Waals surface area contributed by atoms with Crippen molar-refractivity contribution in [2.45, 2.75) is 70.2 Å². The normalized spacial score (nSPS) is 17.9. The molecular formula is C30H38N2O7S. The van der Waals surface area contributed by atoms with Gasteiger partial charge in [-0.2, -0.15) is 0 Å². The zero-order valence-corrected chi connectivity index (χ0v) is 24.0. The fourth-order valence-electron chi connectivity index (χ4n) is 4.59. The number of carbonyl (C=O) groups is 1. The van der Waals surface area contributed by atoms with Crippen molar-refractivity contribution >= 4 is 16.1 Å². The molecule has 2 N–H and O–H groups in total. The largest absolute Gasteiger partial charge is 0.463 e. The summed E-state index contributed by atoms with van der Waals surface area (Å²) in [6.07, 6.45) is 4.01. The topological polar surface area (TPSA) is 117 Å². The zero-order chi connectivity index (χ0) is 28.6. The minimum atomic E-state index is -3.53. The van der Waals surface area contributed by atoms with Crippen molar-refractivity contribution in [3.8, 4) is 17.6 Å². The quantitative estimate of drug-likeness (QED) is 0.292. The first kappa shape index (κ1) is 29.9. The molecule has 4 rings (SSSR count). The number of hydrogen-bond donors (Lipinski definition) is 1. The Balaban J connectivity index is 1.05. The summed E-state index contributed by atoms with van der Waals surface area (Å²) in [4.78, 5) is 14.2. The lowest BCUT2D eigenvalue weighted by atomic mass is 10.0. The first-order chi connectivity index (χ1) is 19.1. The van der Waals surface area contributed by atoms with Crippen LogP contribution in [0.5, 0.6) is 5.75 Å². The second kappa shape index (κ2) is 13.5. The summed E-state index contributed by atoms with van der Waals surface area (Å²) >= 11 is 0. The summed E-state index contributed by atoms with van der Waals surface area (Å²) in [7, 11) is -3.53. The maximum Gasteiger partial charge on any atom is 0.410 e. The Hall–Kier alpha value is -3.10. The molecule has 9 nitrogen and oxygen atoms in total. The van der Waals surface area contributed by atoms with Gasteiger partial charge in [0.05, 0.1) is 25.5 Å². The fraction of sp³-hybridized carbons (Fsp3) is 0.500. The third-order valence-electron chi connectivity index (χ3n) is 6.67. The lowest BCUT2D eigenvalue weighted by Crippen LogP contribution is -2.35. The van der Waals surface area contributed by atoms with E-state index in [2.05, 4.69) is 11.8 Å². The predicted octanol–water partition coefficient (Wildman–Crippen LogP) is 4.63. The number of nitrogens with two attached hydrogens (primary N) is 1. The van der Waals surface area contributed by atoms with Crippen LogP contribution in [-0.4, -0.2) is 51.5 Å². The van der Waals surface area contributed by atoms with Gasteiger partial charge >= 0.3 is 6.09 Å². The van der Waals surface area contributed by atoms with E-state index in [0.29, 0.717) is 44.9 Å². The van der Waals surface area contributed by atoms with E-state index in [1.54, 1.807) is 29.2 Å². The lowest BCUT2D eigenvalue weighted by Gasteiger charge is -2.32. The number of sulfonamides is 1. The number of fused-ring (bicyclic) bond motifs is 1. The molecular weight excluding hydrogens is 532 g/mol. The minimum Gasteiger partial charge on any atom is -0.463 e. The van der Waals surface area contributed by atoms with Gasteiger partial charge in [0.15, 0.2) is 0 Å². The molecule has 2 aliphatic heterocycles. The number of hydrogen-bond acceptors (Lipinski definition) is 7. The van der Waals surface area contributed by atoms with E-state index in [9.17, 15) is 13.2 Å². The van der Waals surface area contributed by atoms with E-state index < -0.39 is 15.8 Å². The molecule has 0 aliphatic carbocycles. The Morgan fingerprint density at radius 1 is 1.07 bits per heavy atom. The van der Waals surface area contributed by atoms with Crippen molar-refractivity contribution in [3.63, 3.8) is 0 Å². The van der Waals surface area contributed by atoms with Crippen LogP contribution in [0.2, 0.25) is 0 Å². The Labute approximate surface area is 237 Å². The van der Waals surface area contributed by atoms with Crippen LogP contribution in [0.15, 0.2) is 42.5 Å². The molecule has 2 aromatic rings. The molecule has 0 spiro atoms. The molecule has 2 aromatic carbocycles. The van der Waals surface area contributed by atoms with Crippen LogP contribution >= 0.6 is 0 Å². The number of rotatable bonds is 12. The van der Waals surface area contributed by atoms with Crippen molar-refractivity contribution in [1.29, 1.82) is 0 Å². The van der Waals surface area contributed by atoms with Crippen LogP contribution in [-0.2, 0) is 36.6 Å². The number of cyclic esters (lactones) is 1. The molecule has 40 heavy (non-hydrogen) atoms. The van der Waals surface area contributed by atoms with E-state index in [0.717, 1.165) is 48.1 Å². The first-order valence-corrected chi connectivity index (χ1v) is 15.4. The fourth-order valence-corrected chi connectivity index (χ4v) is 5.25. The highest BCUT2D eigenvalue weighted by Gasteiger charge is 2.33. The second-order valence-corrected chi connectivity index (χ2v) is 12.2. The molecule has 10 heteroatoms. The average molecular weight is 571 g/mol. The van der Waals surface area contributed by atoms with E-state index in [1.807, 2.05) is 32.0 Å². The van der Waals surface area contributed by atoms with Gasteiger partial charge in [-0.25, -0.2) is 18.4 Å². The van der Waals surface area contributed by atoms with Gasteiger partial charge in [-0.05, 0) is 48.2 Å². The summed E-state index contributed by atoms with van der Waals surface area (Å²) in [5.41, 5.74) is 3.39. The first-order valence-electron chi connectivity index (χ1n) is 13.7. The van der Waals surface area contributed by atoms with E-state index in [-0.39, 0.29) is 18.0 Å². The number of ether oxygens (including phenoxy) is 4. The number of primary sulfonamides is 1. The molecule has 1 saturated heterocycles. The molecule has 1 fully saturated rings. The number of benzene rings is 2. The highest BCUT2D eigenvalue weighted by Crippen LogP contribution is 2.35. The Bertz CT molecular complexity index is 1330. The lowest BCUT2D eigenvalue weighted by molar-refractivity contribution is -0.180. The van der Waals surface area contributed by atoms with Crippen LogP contribution in [0.1, 0.15) is 74.3 Å². The van der Waals surface area contributed by atoms with Crippen LogP contribution < -0.4 is 9.88 Å². The van der Waals surface area contributed by atoms with Crippen molar-refractivity contribution < 1.29 is 32.2 Å². The van der Waals surface area contributed by atoms with E-state index in [1.165, 1.54) is 0 Å². The third-order valence-corrected chi connectivity index (χ3v) is 7.40. The highest BCUT2D eigenvalue weighted by atomic mass is 32.2. The third kappa shape index (κ3) is 9.24. The number of nitrogens with zero attached hydrogens (tertiary/aromatic N) is 1. The molecule has 2 heterocycles. The summed E-state index contributed by atoms with van der Waals surface area (Å²) in [5, 5.41) is 5.06. The molecule has 1 amide bonds. The van der Waals surface area contributed by atoms with Gasteiger partial charge < -0.3 is 23.8 Å². The van der Waals surface area contributed by atoms with E-state index >= 15 is 0 Å². The van der Waals surface area contributed by atoms with Crippen molar-refractivity contribution in [1.82, 2.24) is 4.90 Å². The van der Waals surface area contributed by atoms with Gasteiger partial charge in [-0.15, -0.1) is 0 Å². The SMILES string of the molecule is CC1(C)OCc2cc([C@@H]3CN(CCCCCCOCCC#Cc4ccc(CS(N)(=O)=O)cc4)C(=O)O3)ccc2O1. The maximum atomic E-state index is 12.4. The number of amides is 1. The minimum absolute atomic E-state index is 0.179. The van der Waals surface area contributed by atoms with Gasteiger partial charge in [-0.3, -0.25) is 0 Å². The van der Waals surface area contributed by atoms with Crippen LogP contribution in [0.3, 0.4) is 0 Å². The Kier molecular flexibility index (Phi) is 10.1. The van der Waals surface area contributed by atoms with Crippen molar-refractivity contribution in [2.75, 3.05) is 26.3 Å². The van der Waals surface area contributed by atoms with Crippen LogP contribution in [0, 0.1) is 11.8 Å². The molecule has 0 saturated carbocycles. The summed E-state index contributed by atoms with van der Waals surface area (Å²) in [6, 6.07) is 12.9. The van der Waals surface area contributed by atoms with Crippen molar-refractivity contribution in [2.24, 2.45) is 5.14 Å². The monoisotopic (exact) mass is 570 g/mol. The molecule has 1 atom stereocenters. The van der Waals surface area contributed by atoms with E-state index in [4.69, 9.17) is 24.1 Å². The van der Waals surface area contributed by atoms with Crippen LogP contribution in [0.4, 0.5) is 4.79 Å². The van der Waals surface area contributed by atoms with Gasteiger partial charge in [-0.1, -0.05) is 42.9 Å². The van der Waals surface area contributed by atoms with Gasteiger partial charge in [0.1, 0.15) is 11.9 Å². The zero-order valence-electron chi connectivity index (χ0n) is 23.2. The molecule has 0 radical (unpaired) electrons. The maximum absolute atomic E-state index is 12.4. The second-order valence-electron chi connectivity index (χ2n) is 10.6. The molecule has 216 valence electrons. The summed E-state index contributed by atoms with van der Waals surface area (Å²) in [5.74, 6) is 6.11. The Morgan fingerprint density at radius 2 is 1.85 bits per heavy atom. The molecule has 2 aliphatic rings. The average Bonchev–Trinajstić information content (AvgIpc) is 3.26. The molecule has 0 unspecified atom stereocenters. The summed E-state index contributed by atoms with van der Waals surface area (Å²) in [6.45, 7) is 6.72. The Morgan fingerprint density at radius 3 is 2.62 bits per heavy atom. The van der Waals surface area contributed by atoms with Crippen LogP contribution in [0.25, 0.3) is 0 Å². The molecule has 0 bridgehead atoms. The standard InChI is InChI=1S/C30H38N2O7S/c1-30(2)37-21-26-19-25(14-15-27(26)39-30)28-20-32(29(33)38-28)16-6-3-4-7-17-36-18-8-5-9-23-10-12-24(13-11-23)22-40(31,34)35/h10-15,19,28H,3-4,6-8,16-18,20-22H2,1-2H3,(H2,31,34,35)/t28-/m0/s1. The molecule has 0 aromatic heterocycles. The van der Waals surface area contributed by atoms with Gasteiger partial charge in [0.25, 0.3) is 0 Å². The predicted molar refractivity (Wildman–Crippen MR) is 151 cm³/mol. The van der Waals surface area contributed by atoms with Crippen molar-refractivity contribution in [3.05, 3.63) is 64.7 Å². The number of carbonyl (C=O) groups excluding carboxylic acids is 1. The van der Waals surface area contributed by atoms with Gasteiger partial charge in [0.2, 0.25) is 15.8 Å². The summed E-state index contributed by atoms with van der Waals surface area (Å²) < 4.78 is 45.2. The highest BCUT2D eigenvalue weighted by molar-refractivity contribution is 7.88. The smallest absolute Gasteiger partial charge is 0.410 e.